The molecule has 0 atom stereocenters. The van der Waals surface area contributed by atoms with Gasteiger partial charge < -0.3 is 4.90 Å². The molecule has 1 aliphatic carbocycles. The van der Waals surface area contributed by atoms with E-state index < -0.39 is 0 Å². The van der Waals surface area contributed by atoms with E-state index in [-0.39, 0.29) is 5.41 Å². The fourth-order valence-corrected chi connectivity index (χ4v) is 8.41. The largest absolute Gasteiger partial charge is 0.310 e. The Morgan fingerprint density at radius 1 is 0.417 bits per heavy atom. The van der Waals surface area contributed by atoms with Gasteiger partial charge in [0.25, 0.3) is 0 Å². The summed E-state index contributed by atoms with van der Waals surface area (Å²) in [6.07, 6.45) is 2.21. The Bertz CT molecular complexity index is 2450. The van der Waals surface area contributed by atoms with E-state index >= 15 is 0 Å². The van der Waals surface area contributed by atoms with Gasteiger partial charge in [0.1, 0.15) is 0 Å². The van der Waals surface area contributed by atoms with Crippen molar-refractivity contribution in [3.8, 4) is 22.3 Å². The van der Waals surface area contributed by atoms with E-state index in [1.807, 2.05) is 0 Å². The van der Waals surface area contributed by atoms with Crippen LogP contribution in [0.2, 0.25) is 0 Å². The Hall–Kier alpha value is -5.66. The Morgan fingerprint density at radius 2 is 0.979 bits per heavy atom. The van der Waals surface area contributed by atoms with E-state index in [4.69, 9.17) is 0 Å². The first-order chi connectivity index (χ1) is 23.7. The van der Waals surface area contributed by atoms with E-state index in [1.165, 1.54) is 71.4 Å². The number of hydrogen-bond donors (Lipinski definition) is 0. The number of para-hydroxylation sites is 1. The minimum atomic E-state index is 0.0683. The van der Waals surface area contributed by atoms with E-state index in [0.29, 0.717) is 0 Å². The van der Waals surface area contributed by atoms with Gasteiger partial charge in [0.15, 0.2) is 0 Å². The van der Waals surface area contributed by atoms with Crippen molar-refractivity contribution in [3.63, 3.8) is 0 Å². The lowest BCUT2D eigenvalue weighted by Gasteiger charge is -2.30. The molecule has 1 aliphatic rings. The highest BCUT2D eigenvalue weighted by atomic mass is 15.1. The van der Waals surface area contributed by atoms with E-state index in [2.05, 4.69) is 183 Å². The molecule has 1 heteroatoms. The second-order valence-electron chi connectivity index (χ2n) is 13.2. The fourth-order valence-electron chi connectivity index (χ4n) is 8.41. The van der Waals surface area contributed by atoms with Gasteiger partial charge in [-0.05, 0) is 116 Å². The van der Waals surface area contributed by atoms with Crippen LogP contribution in [-0.4, -0.2) is 0 Å². The molecule has 0 aromatic heterocycles. The average Bonchev–Trinajstić information content (AvgIpc) is 3.45. The Labute approximate surface area is 282 Å². The Morgan fingerprint density at radius 3 is 1.73 bits per heavy atom. The lowest BCUT2D eigenvalue weighted by atomic mass is 9.73. The van der Waals surface area contributed by atoms with Crippen LogP contribution in [0.5, 0.6) is 0 Å². The zero-order valence-corrected chi connectivity index (χ0v) is 27.4. The van der Waals surface area contributed by atoms with Crippen molar-refractivity contribution in [2.75, 3.05) is 4.90 Å². The van der Waals surface area contributed by atoms with Gasteiger partial charge in [-0.25, -0.2) is 0 Å². The highest BCUT2D eigenvalue weighted by Crippen LogP contribution is 2.53. The summed E-state index contributed by atoms with van der Waals surface area (Å²) in [5.74, 6) is 0. The van der Waals surface area contributed by atoms with Gasteiger partial charge >= 0.3 is 0 Å². The molecule has 0 saturated carbocycles. The molecule has 0 N–H and O–H groups in total. The molecule has 0 aliphatic heterocycles. The van der Waals surface area contributed by atoms with Gasteiger partial charge in [-0.15, -0.1) is 0 Å². The van der Waals surface area contributed by atoms with Crippen LogP contribution in [0.15, 0.2) is 164 Å². The van der Waals surface area contributed by atoms with Crippen molar-refractivity contribution < 1.29 is 0 Å². The SMILES string of the molecule is CCC1(CC)c2cccc3ccc4cc(-c5ccc(-c6ccc(N(c7ccccc7)c7cccc8ccccc78)cc6)cc5)cc1c4c23. The van der Waals surface area contributed by atoms with Gasteiger partial charge in [-0.2, -0.15) is 0 Å². The second kappa shape index (κ2) is 11.2. The third-order valence-electron chi connectivity index (χ3n) is 10.9. The number of anilines is 3. The third kappa shape index (κ3) is 4.31. The number of benzene rings is 8. The zero-order chi connectivity index (χ0) is 32.2. The first-order valence-electron chi connectivity index (χ1n) is 17.2. The van der Waals surface area contributed by atoms with Crippen LogP contribution in [0.1, 0.15) is 37.8 Å². The van der Waals surface area contributed by atoms with Crippen molar-refractivity contribution in [1.82, 2.24) is 0 Å². The molecule has 0 fully saturated rings. The first-order valence-corrected chi connectivity index (χ1v) is 17.2. The van der Waals surface area contributed by atoms with Crippen LogP contribution < -0.4 is 4.90 Å². The van der Waals surface area contributed by atoms with Gasteiger partial charge in [-0.1, -0.05) is 135 Å². The van der Waals surface area contributed by atoms with Gasteiger partial charge in [0.05, 0.1) is 5.69 Å². The molecular weight excluding hydrogens is 579 g/mol. The van der Waals surface area contributed by atoms with Crippen molar-refractivity contribution in [2.24, 2.45) is 0 Å². The Balaban J connectivity index is 1.08. The van der Waals surface area contributed by atoms with Crippen LogP contribution in [0, 0.1) is 0 Å². The van der Waals surface area contributed by atoms with E-state index in [1.54, 1.807) is 0 Å². The number of fused-ring (bicyclic) bond motifs is 1. The molecule has 0 heterocycles. The standard InChI is InChI=1S/C47H37N/c1-3-47(4-2)42-18-10-14-36-24-25-37-30-38(31-43(47)46(37)45(36)42)34-22-20-32(21-23-34)33-26-28-40(29-27-33)48(39-15-6-5-7-16-39)44-19-11-13-35-12-8-9-17-41(35)44/h5-31H,3-4H2,1-2H3. The van der Waals surface area contributed by atoms with Crippen molar-refractivity contribution in [1.29, 1.82) is 0 Å². The molecule has 1 nitrogen and oxygen atoms in total. The number of rotatable bonds is 7. The second-order valence-corrected chi connectivity index (χ2v) is 13.2. The normalized spacial score (nSPS) is 13.1. The topological polar surface area (TPSA) is 3.24 Å². The highest BCUT2D eigenvalue weighted by molar-refractivity contribution is 6.16. The molecular formula is C47H37N. The van der Waals surface area contributed by atoms with Crippen LogP contribution in [0.4, 0.5) is 17.1 Å². The fraction of sp³-hybridized carbons (Fsp3) is 0.106. The summed E-state index contributed by atoms with van der Waals surface area (Å²) < 4.78 is 0. The summed E-state index contributed by atoms with van der Waals surface area (Å²) in [7, 11) is 0. The van der Waals surface area contributed by atoms with E-state index in [9.17, 15) is 0 Å². The lowest BCUT2D eigenvalue weighted by Crippen LogP contribution is -2.23. The minimum Gasteiger partial charge on any atom is -0.310 e. The van der Waals surface area contributed by atoms with E-state index in [0.717, 1.165) is 24.2 Å². The molecule has 9 rings (SSSR count). The summed E-state index contributed by atoms with van der Waals surface area (Å²) in [4.78, 5) is 2.36. The smallest absolute Gasteiger partial charge is 0.0540 e. The third-order valence-corrected chi connectivity index (χ3v) is 10.9. The highest BCUT2D eigenvalue weighted by Gasteiger charge is 2.39. The molecule has 48 heavy (non-hydrogen) atoms. The van der Waals surface area contributed by atoms with Crippen molar-refractivity contribution in [2.45, 2.75) is 32.1 Å². The van der Waals surface area contributed by atoms with Crippen LogP contribution >= 0.6 is 0 Å². The molecule has 8 aromatic rings. The minimum absolute atomic E-state index is 0.0683. The first kappa shape index (κ1) is 28.6. The predicted octanol–water partition coefficient (Wildman–Crippen LogP) is 13.4. The zero-order valence-electron chi connectivity index (χ0n) is 27.4. The number of hydrogen-bond acceptors (Lipinski definition) is 1. The molecule has 0 radical (unpaired) electrons. The van der Waals surface area contributed by atoms with Crippen LogP contribution in [0.25, 0.3) is 54.6 Å². The maximum Gasteiger partial charge on any atom is 0.0540 e. The Kier molecular flexibility index (Phi) is 6.69. The van der Waals surface area contributed by atoms with Crippen LogP contribution in [0.3, 0.4) is 0 Å². The summed E-state index contributed by atoms with van der Waals surface area (Å²) >= 11 is 0. The maximum atomic E-state index is 2.49. The molecule has 0 unspecified atom stereocenters. The molecule has 0 amide bonds. The molecule has 230 valence electrons. The molecule has 8 aromatic carbocycles. The number of nitrogens with zero attached hydrogens (tertiary/aromatic N) is 1. The summed E-state index contributed by atoms with van der Waals surface area (Å²) in [6, 6.07) is 60.4. The monoisotopic (exact) mass is 615 g/mol. The molecule has 0 bridgehead atoms. The summed E-state index contributed by atoms with van der Waals surface area (Å²) in [5, 5.41) is 8.10. The van der Waals surface area contributed by atoms with Crippen molar-refractivity contribution >= 4 is 49.4 Å². The predicted molar refractivity (Wildman–Crippen MR) is 206 cm³/mol. The van der Waals surface area contributed by atoms with Crippen molar-refractivity contribution in [3.05, 3.63) is 175 Å². The average molecular weight is 616 g/mol. The van der Waals surface area contributed by atoms with Gasteiger partial charge in [0, 0.05) is 22.2 Å². The van der Waals surface area contributed by atoms with Gasteiger partial charge in [0.2, 0.25) is 0 Å². The summed E-state index contributed by atoms with van der Waals surface area (Å²) in [6.45, 7) is 4.71. The summed E-state index contributed by atoms with van der Waals surface area (Å²) in [5.41, 5.74) is 11.5. The van der Waals surface area contributed by atoms with Gasteiger partial charge in [-0.3, -0.25) is 0 Å². The molecule has 0 spiro atoms. The lowest BCUT2D eigenvalue weighted by molar-refractivity contribution is 0.492. The van der Waals surface area contributed by atoms with Crippen LogP contribution in [-0.2, 0) is 5.41 Å². The maximum absolute atomic E-state index is 2.49. The quantitative estimate of drug-likeness (QED) is 0.161. The molecule has 0 saturated heterocycles.